The summed E-state index contributed by atoms with van der Waals surface area (Å²) in [6, 6.07) is 7.51. The quantitative estimate of drug-likeness (QED) is 0.383. The van der Waals surface area contributed by atoms with Crippen molar-refractivity contribution in [2.75, 3.05) is 24.8 Å². The van der Waals surface area contributed by atoms with Crippen LogP contribution in [0.15, 0.2) is 30.3 Å². The number of alkyl halides is 2. The molecule has 0 aromatic heterocycles. The zero-order valence-electron chi connectivity index (χ0n) is 17.0. The SMILES string of the molecule is CC(C)CC(c1cc(O)c2c(c1O)C(=O)c1ccccc1C2=O)N(CCCl)CCCl. The first-order valence-corrected chi connectivity index (χ1v) is 11.0. The van der Waals surface area contributed by atoms with Crippen molar-refractivity contribution < 1.29 is 19.8 Å². The van der Waals surface area contributed by atoms with Gasteiger partial charge < -0.3 is 10.2 Å². The third kappa shape index (κ3) is 4.07. The molecule has 1 aliphatic rings. The Morgan fingerprint density at radius 1 is 0.933 bits per heavy atom. The Labute approximate surface area is 186 Å². The van der Waals surface area contributed by atoms with Crippen molar-refractivity contribution in [2.24, 2.45) is 5.92 Å². The first kappa shape index (κ1) is 22.6. The second-order valence-electron chi connectivity index (χ2n) is 7.85. The standard InChI is InChI=1S/C23H25Cl2NO4/c1-13(2)11-17(26(9-7-24)10-8-25)16-12-18(27)19-20(23(16)30)22(29)15-6-4-3-5-14(15)21(19)28/h3-6,12-13,17,27,30H,7-11H2,1-2H3. The van der Waals surface area contributed by atoms with Gasteiger partial charge >= 0.3 is 0 Å². The average molecular weight is 450 g/mol. The van der Waals surface area contributed by atoms with E-state index in [2.05, 4.69) is 0 Å². The van der Waals surface area contributed by atoms with E-state index in [0.717, 1.165) is 0 Å². The predicted octanol–water partition coefficient (Wildman–Crippen LogP) is 4.74. The summed E-state index contributed by atoms with van der Waals surface area (Å²) >= 11 is 12.0. The summed E-state index contributed by atoms with van der Waals surface area (Å²) < 4.78 is 0. The fourth-order valence-electron chi connectivity index (χ4n) is 4.09. The van der Waals surface area contributed by atoms with Crippen molar-refractivity contribution in [3.8, 4) is 11.5 Å². The van der Waals surface area contributed by atoms with Crippen LogP contribution in [-0.2, 0) is 0 Å². The van der Waals surface area contributed by atoms with Crippen molar-refractivity contribution >= 4 is 34.8 Å². The molecule has 2 aromatic carbocycles. The minimum atomic E-state index is -0.474. The largest absolute Gasteiger partial charge is 0.507 e. The molecule has 0 saturated carbocycles. The Morgan fingerprint density at radius 2 is 1.47 bits per heavy atom. The van der Waals surface area contributed by atoms with Gasteiger partial charge in [-0.15, -0.1) is 23.2 Å². The molecule has 0 amide bonds. The van der Waals surface area contributed by atoms with Crippen LogP contribution in [0.3, 0.4) is 0 Å². The number of phenols is 2. The molecule has 1 unspecified atom stereocenters. The molecule has 1 aliphatic carbocycles. The number of ketones is 2. The molecular formula is C23H25Cl2NO4. The number of rotatable bonds is 8. The molecule has 2 aromatic rings. The Bertz CT molecular complexity index is 968. The highest BCUT2D eigenvalue weighted by atomic mass is 35.5. The van der Waals surface area contributed by atoms with E-state index in [9.17, 15) is 19.8 Å². The molecule has 0 aliphatic heterocycles. The molecule has 7 heteroatoms. The van der Waals surface area contributed by atoms with Gasteiger partial charge in [-0.3, -0.25) is 14.5 Å². The second-order valence-corrected chi connectivity index (χ2v) is 8.60. The molecular weight excluding hydrogens is 425 g/mol. The number of hydrogen-bond donors (Lipinski definition) is 2. The molecule has 0 fully saturated rings. The first-order valence-electron chi connectivity index (χ1n) is 9.95. The number of aromatic hydroxyl groups is 2. The number of halogens is 2. The summed E-state index contributed by atoms with van der Waals surface area (Å²) in [7, 11) is 0. The predicted molar refractivity (Wildman–Crippen MR) is 118 cm³/mol. The fourth-order valence-corrected chi connectivity index (χ4v) is 4.53. The average Bonchev–Trinajstić information content (AvgIpc) is 2.71. The minimum absolute atomic E-state index is 0.140. The van der Waals surface area contributed by atoms with Crippen LogP contribution in [0.5, 0.6) is 11.5 Å². The highest BCUT2D eigenvalue weighted by Gasteiger charge is 2.37. The molecule has 3 rings (SSSR count). The highest BCUT2D eigenvalue weighted by molar-refractivity contribution is 6.30. The van der Waals surface area contributed by atoms with Crippen molar-refractivity contribution in [1.29, 1.82) is 0 Å². The van der Waals surface area contributed by atoms with Crippen LogP contribution in [0.25, 0.3) is 0 Å². The normalized spacial score (nSPS) is 14.2. The number of carbonyl (C=O) groups is 2. The topological polar surface area (TPSA) is 77.8 Å². The van der Waals surface area contributed by atoms with Gasteiger partial charge in [0.1, 0.15) is 11.5 Å². The summed E-state index contributed by atoms with van der Waals surface area (Å²) in [5.74, 6) is -0.523. The zero-order valence-corrected chi connectivity index (χ0v) is 18.5. The lowest BCUT2D eigenvalue weighted by atomic mass is 9.80. The summed E-state index contributed by atoms with van der Waals surface area (Å²) in [5.41, 5.74) is 0.557. The summed E-state index contributed by atoms with van der Waals surface area (Å²) in [5, 5.41) is 21.9. The number of fused-ring (bicyclic) bond motifs is 2. The van der Waals surface area contributed by atoms with E-state index in [-0.39, 0.29) is 45.7 Å². The molecule has 0 saturated heterocycles. The minimum Gasteiger partial charge on any atom is -0.507 e. The zero-order chi connectivity index (χ0) is 22.0. The Kier molecular flexibility index (Phi) is 7.06. The van der Waals surface area contributed by atoms with Gasteiger partial charge in [-0.2, -0.15) is 0 Å². The molecule has 0 radical (unpaired) electrons. The van der Waals surface area contributed by atoms with Crippen LogP contribution in [0.1, 0.15) is 63.7 Å². The van der Waals surface area contributed by atoms with Crippen molar-refractivity contribution in [3.05, 3.63) is 58.1 Å². The second kappa shape index (κ2) is 9.38. The molecule has 30 heavy (non-hydrogen) atoms. The molecule has 2 N–H and O–H groups in total. The van der Waals surface area contributed by atoms with Gasteiger partial charge in [-0.05, 0) is 18.4 Å². The number of benzene rings is 2. The Balaban J connectivity index is 2.20. The van der Waals surface area contributed by atoms with E-state index < -0.39 is 11.6 Å². The van der Waals surface area contributed by atoms with E-state index >= 15 is 0 Å². The van der Waals surface area contributed by atoms with Crippen LogP contribution < -0.4 is 0 Å². The number of nitrogens with zero attached hydrogens (tertiary/aromatic N) is 1. The van der Waals surface area contributed by atoms with Gasteiger partial charge in [0.2, 0.25) is 0 Å². The van der Waals surface area contributed by atoms with E-state index in [0.29, 0.717) is 36.8 Å². The van der Waals surface area contributed by atoms with Crippen LogP contribution in [-0.4, -0.2) is 51.5 Å². The van der Waals surface area contributed by atoms with E-state index in [4.69, 9.17) is 23.2 Å². The monoisotopic (exact) mass is 449 g/mol. The first-order chi connectivity index (χ1) is 14.3. The fraction of sp³-hybridized carbons (Fsp3) is 0.391. The summed E-state index contributed by atoms with van der Waals surface area (Å²) in [4.78, 5) is 28.2. The van der Waals surface area contributed by atoms with E-state index in [1.807, 2.05) is 18.7 Å². The lowest BCUT2D eigenvalue weighted by Crippen LogP contribution is -2.34. The third-order valence-corrected chi connectivity index (χ3v) is 5.75. The number of hydrogen-bond acceptors (Lipinski definition) is 5. The van der Waals surface area contributed by atoms with Gasteiger partial charge in [0, 0.05) is 47.6 Å². The van der Waals surface area contributed by atoms with E-state index in [1.54, 1.807) is 24.3 Å². The van der Waals surface area contributed by atoms with E-state index in [1.165, 1.54) is 6.07 Å². The maximum Gasteiger partial charge on any atom is 0.198 e. The molecule has 160 valence electrons. The lowest BCUT2D eigenvalue weighted by Gasteiger charge is -2.34. The van der Waals surface area contributed by atoms with Gasteiger partial charge in [0.25, 0.3) is 0 Å². The maximum atomic E-state index is 13.2. The Hall–Kier alpha value is -2.08. The molecule has 0 heterocycles. The van der Waals surface area contributed by atoms with Crippen molar-refractivity contribution in [2.45, 2.75) is 26.3 Å². The van der Waals surface area contributed by atoms with Crippen LogP contribution >= 0.6 is 23.2 Å². The van der Waals surface area contributed by atoms with Gasteiger partial charge in [-0.25, -0.2) is 0 Å². The smallest absolute Gasteiger partial charge is 0.198 e. The van der Waals surface area contributed by atoms with Crippen LogP contribution in [0.4, 0.5) is 0 Å². The molecule has 0 spiro atoms. The lowest BCUT2D eigenvalue weighted by molar-refractivity contribution is 0.0973. The molecule has 5 nitrogen and oxygen atoms in total. The third-order valence-electron chi connectivity index (χ3n) is 5.42. The molecule has 1 atom stereocenters. The van der Waals surface area contributed by atoms with Crippen LogP contribution in [0.2, 0.25) is 0 Å². The van der Waals surface area contributed by atoms with Crippen molar-refractivity contribution in [1.82, 2.24) is 4.90 Å². The number of carbonyl (C=O) groups excluding carboxylic acids is 2. The maximum absolute atomic E-state index is 13.2. The summed E-state index contributed by atoms with van der Waals surface area (Å²) in [6.45, 7) is 5.15. The Morgan fingerprint density at radius 3 is 1.97 bits per heavy atom. The van der Waals surface area contributed by atoms with Gasteiger partial charge in [0.15, 0.2) is 11.6 Å². The molecule has 0 bridgehead atoms. The number of phenolic OH excluding ortho intramolecular Hbond substituents is 2. The highest BCUT2D eigenvalue weighted by Crippen LogP contribution is 2.44. The van der Waals surface area contributed by atoms with Crippen molar-refractivity contribution in [3.63, 3.8) is 0 Å². The summed E-state index contributed by atoms with van der Waals surface area (Å²) in [6.07, 6.45) is 0.651. The van der Waals surface area contributed by atoms with Crippen LogP contribution in [0, 0.1) is 5.92 Å². The van der Waals surface area contributed by atoms with Gasteiger partial charge in [0.05, 0.1) is 11.1 Å². The van der Waals surface area contributed by atoms with Gasteiger partial charge in [-0.1, -0.05) is 38.1 Å².